The molecule has 2 aromatic rings. The van der Waals surface area contributed by atoms with Gasteiger partial charge in [-0.2, -0.15) is 0 Å². The zero-order chi connectivity index (χ0) is 22.0. The monoisotopic (exact) mass is 423 g/mol. The first kappa shape index (κ1) is 21.1. The van der Waals surface area contributed by atoms with Gasteiger partial charge in [0.25, 0.3) is 6.07 Å². The van der Waals surface area contributed by atoms with Crippen molar-refractivity contribution in [2.75, 3.05) is 12.4 Å². The van der Waals surface area contributed by atoms with Gasteiger partial charge in [0, 0.05) is 25.2 Å². The van der Waals surface area contributed by atoms with Gasteiger partial charge in [0.2, 0.25) is 11.8 Å². The maximum Gasteiger partial charge on any atom is 0.363 e. The van der Waals surface area contributed by atoms with Crippen molar-refractivity contribution in [3.8, 4) is 17.2 Å². The van der Waals surface area contributed by atoms with Crippen LogP contribution in [0.4, 0.5) is 11.4 Å². The Morgan fingerprint density at radius 2 is 2.16 bits per heavy atom. The second-order valence-electron chi connectivity index (χ2n) is 8.19. The van der Waals surface area contributed by atoms with Crippen LogP contribution in [0.25, 0.3) is 16.0 Å². The van der Waals surface area contributed by atoms with E-state index >= 15 is 0 Å². The van der Waals surface area contributed by atoms with Crippen molar-refractivity contribution >= 4 is 23.2 Å². The van der Waals surface area contributed by atoms with Crippen molar-refractivity contribution < 1.29 is 18.8 Å². The molecule has 1 saturated carbocycles. The summed E-state index contributed by atoms with van der Waals surface area (Å²) in [6.45, 7) is 3.73. The lowest BCUT2D eigenvalue weighted by Crippen LogP contribution is -2.37. The minimum atomic E-state index is -0.534. The lowest BCUT2D eigenvalue weighted by Gasteiger charge is -2.11. The van der Waals surface area contributed by atoms with Crippen LogP contribution in [-0.4, -0.2) is 36.2 Å². The highest BCUT2D eigenvalue weighted by molar-refractivity contribution is 6.01. The van der Waals surface area contributed by atoms with Crippen LogP contribution in [0.1, 0.15) is 43.6 Å². The fourth-order valence-corrected chi connectivity index (χ4v) is 4.25. The summed E-state index contributed by atoms with van der Waals surface area (Å²) in [4.78, 5) is 28.8. The molecule has 2 N–H and O–H groups in total. The van der Waals surface area contributed by atoms with E-state index in [1.54, 1.807) is 7.11 Å². The number of aryl methyl sites for hydroxylation is 2. The summed E-state index contributed by atoms with van der Waals surface area (Å²) in [5.41, 5.74) is 3.73. The van der Waals surface area contributed by atoms with Gasteiger partial charge in [-0.15, -0.1) is 0 Å². The maximum atomic E-state index is 12.8. The molecule has 3 atom stereocenters. The van der Waals surface area contributed by atoms with Crippen molar-refractivity contribution in [1.29, 1.82) is 0 Å². The minimum Gasteiger partial charge on any atom is -0.381 e. The molecule has 1 aliphatic heterocycles. The van der Waals surface area contributed by atoms with Gasteiger partial charge in [0.1, 0.15) is 17.5 Å². The van der Waals surface area contributed by atoms with Crippen molar-refractivity contribution in [3.63, 3.8) is 0 Å². The number of anilines is 1. The molecule has 1 unspecified atom stereocenters. The van der Waals surface area contributed by atoms with E-state index in [9.17, 15) is 9.59 Å². The topological polar surface area (TPSA) is 97.8 Å². The Morgan fingerprint density at radius 1 is 1.32 bits per heavy atom. The average molecular weight is 423 g/mol. The molecule has 8 nitrogen and oxygen atoms in total. The molecule has 1 saturated heterocycles. The third-order valence-electron chi connectivity index (χ3n) is 5.97. The summed E-state index contributed by atoms with van der Waals surface area (Å²) < 4.78 is 10.7. The van der Waals surface area contributed by atoms with Gasteiger partial charge in [-0.1, -0.05) is 5.16 Å². The zero-order valence-corrected chi connectivity index (χ0v) is 18.0. The Balaban J connectivity index is 1.64. The highest BCUT2D eigenvalue weighted by atomic mass is 16.5. The molecule has 0 radical (unpaired) electrons. The van der Waals surface area contributed by atoms with Crippen molar-refractivity contribution in [2.45, 2.75) is 58.1 Å². The van der Waals surface area contributed by atoms with E-state index in [1.807, 2.05) is 32.0 Å². The van der Waals surface area contributed by atoms with E-state index in [0.29, 0.717) is 30.0 Å². The number of ether oxygens (including phenoxy) is 1. The average Bonchev–Trinajstić information content (AvgIpc) is 3.47. The first-order chi connectivity index (χ1) is 14.9. The number of rotatable bonds is 4. The Morgan fingerprint density at radius 3 is 2.81 bits per heavy atom. The van der Waals surface area contributed by atoms with Crippen LogP contribution in [0.15, 0.2) is 22.7 Å². The molecule has 1 aromatic heterocycles. The number of hydrogen-bond acceptors (Lipinski definition) is 5. The quantitative estimate of drug-likeness (QED) is 0.776. The Bertz CT molecular complexity index is 1050. The van der Waals surface area contributed by atoms with Crippen molar-refractivity contribution in [3.05, 3.63) is 34.5 Å². The van der Waals surface area contributed by atoms with Crippen molar-refractivity contribution in [2.24, 2.45) is 5.92 Å². The Labute approximate surface area is 181 Å². The molecule has 162 valence electrons. The molecule has 2 amide bonds. The number of nitrogens with one attached hydrogen (secondary N) is 2. The van der Waals surface area contributed by atoms with Crippen LogP contribution < -0.4 is 10.6 Å². The molecule has 1 aliphatic carbocycles. The summed E-state index contributed by atoms with van der Waals surface area (Å²) >= 11 is 0. The standard InChI is InChI=1S/C23H26N4O4/c1-13-22(14(2)31-27-13)16-5-7-18(24-12-15-4-6-17(10-15)30-3)20(11-16)26-23(29)19-8-9-21(28)25-19/h5,7,11,15,17,19H,4,6,8-10H2,1-3H3,(H-,25,26,28,29)/p+1/t15?,17-,19+/m1/s1. The maximum absolute atomic E-state index is 12.8. The molecular formula is C23H27N4O4+. The molecule has 31 heavy (non-hydrogen) atoms. The van der Waals surface area contributed by atoms with Gasteiger partial charge in [-0.05, 0) is 62.1 Å². The van der Waals surface area contributed by atoms with Crippen LogP contribution >= 0.6 is 0 Å². The van der Waals surface area contributed by atoms with E-state index < -0.39 is 6.04 Å². The normalized spacial score (nSPS) is 22.7. The van der Waals surface area contributed by atoms with Gasteiger partial charge in [0.05, 0.1) is 17.7 Å². The van der Waals surface area contributed by atoms with Crippen LogP contribution in [0.3, 0.4) is 0 Å². The first-order valence-electron chi connectivity index (χ1n) is 10.6. The molecule has 0 spiro atoms. The highest BCUT2D eigenvalue weighted by Crippen LogP contribution is 2.35. The molecule has 2 fully saturated rings. The number of carbonyl (C=O) groups is 2. The number of methoxy groups -OCH3 is 1. The molecule has 2 heterocycles. The summed E-state index contributed by atoms with van der Waals surface area (Å²) in [6, 6.07) is 8.36. The van der Waals surface area contributed by atoms with Gasteiger partial charge in [-0.3, -0.25) is 9.59 Å². The summed E-state index contributed by atoms with van der Waals surface area (Å²) in [6.07, 6.45) is 3.97. The van der Waals surface area contributed by atoms with Gasteiger partial charge >= 0.3 is 5.69 Å². The van der Waals surface area contributed by atoms with E-state index in [2.05, 4.69) is 26.7 Å². The Kier molecular flexibility index (Phi) is 6.05. The minimum absolute atomic E-state index is 0.106. The van der Waals surface area contributed by atoms with E-state index in [4.69, 9.17) is 9.26 Å². The van der Waals surface area contributed by atoms with Gasteiger partial charge < -0.3 is 19.9 Å². The summed E-state index contributed by atoms with van der Waals surface area (Å²) in [7, 11) is 1.73. The number of hydrogen-bond donors (Lipinski definition) is 2. The Hall–Kier alpha value is -3.18. The molecule has 4 rings (SSSR count). The lowest BCUT2D eigenvalue weighted by molar-refractivity contribution is -0.122. The predicted molar refractivity (Wildman–Crippen MR) is 116 cm³/mol. The third kappa shape index (κ3) is 4.62. The number of carbonyl (C=O) groups excluding carboxylic acids is 2. The number of nitrogens with zero attached hydrogens (tertiary/aromatic N) is 2. The van der Waals surface area contributed by atoms with Gasteiger partial charge in [0.15, 0.2) is 0 Å². The molecule has 0 bridgehead atoms. The third-order valence-corrected chi connectivity index (χ3v) is 5.97. The van der Waals surface area contributed by atoms with E-state index in [-0.39, 0.29) is 23.8 Å². The molecule has 2 aliphatic rings. The number of aromatic nitrogens is 1. The first-order valence-corrected chi connectivity index (χ1v) is 10.6. The predicted octanol–water partition coefficient (Wildman–Crippen LogP) is 3.96. The van der Waals surface area contributed by atoms with Gasteiger partial charge in [-0.25, -0.2) is 0 Å². The molecule has 8 heteroatoms. The summed E-state index contributed by atoms with van der Waals surface area (Å²) in [5.74, 6) is 0.575. The van der Waals surface area contributed by atoms with Crippen LogP contribution in [-0.2, 0) is 14.3 Å². The van der Waals surface area contributed by atoms with E-state index in [1.165, 1.54) is 0 Å². The zero-order valence-electron chi connectivity index (χ0n) is 18.0. The second kappa shape index (κ2) is 8.90. The SMILES string of the molecule is CO[C@@H]1CCC(C#[N+]c2ccc(-c3c(C)noc3C)cc2NC(=O)[C@@H]2CCC(=O)N2)C1. The second-order valence-corrected chi connectivity index (χ2v) is 8.19. The fourth-order valence-electron chi connectivity index (χ4n) is 4.25. The molecule has 1 aromatic carbocycles. The highest BCUT2D eigenvalue weighted by Gasteiger charge is 2.30. The smallest absolute Gasteiger partial charge is 0.363 e. The van der Waals surface area contributed by atoms with E-state index in [0.717, 1.165) is 36.1 Å². The lowest BCUT2D eigenvalue weighted by atomic mass is 10.0. The summed E-state index contributed by atoms with van der Waals surface area (Å²) in [5, 5.41) is 9.68. The largest absolute Gasteiger partial charge is 0.381 e. The fraction of sp³-hybridized carbons (Fsp3) is 0.478. The van der Waals surface area contributed by atoms with Crippen molar-refractivity contribution in [1.82, 2.24) is 10.5 Å². The van der Waals surface area contributed by atoms with Crippen LogP contribution in [0, 0.1) is 25.8 Å². The van der Waals surface area contributed by atoms with Crippen LogP contribution in [0.2, 0.25) is 0 Å². The number of amides is 2. The van der Waals surface area contributed by atoms with Crippen LogP contribution in [0.5, 0.6) is 0 Å². The molecular weight excluding hydrogens is 396 g/mol. The number of benzene rings is 1.